The SMILES string of the molecule is CN[C@@H](C)C(=O)N[C@H](C(=O)N1C[C@H]2CCCN2C[C@H]1C(=O)N[C@@H]1CCC(=O)c2ccccc21)C1CCCCC1.Cl.Cl. The number of piperazine rings is 1. The first-order valence-corrected chi connectivity index (χ1v) is 14.8. The molecule has 5 atom stereocenters. The number of carbonyl (C=O) groups excluding carboxylic acids is 4. The molecule has 3 N–H and O–H groups in total. The van der Waals surface area contributed by atoms with E-state index in [9.17, 15) is 19.2 Å². The normalized spacial score (nSPS) is 26.0. The van der Waals surface area contributed by atoms with Crippen LogP contribution in [0.4, 0.5) is 0 Å². The lowest BCUT2D eigenvalue weighted by Crippen LogP contribution is -2.66. The second-order valence-electron chi connectivity index (χ2n) is 11.8. The zero-order valence-electron chi connectivity index (χ0n) is 24.1. The lowest BCUT2D eigenvalue weighted by molar-refractivity contribution is -0.149. The van der Waals surface area contributed by atoms with Gasteiger partial charge in [-0.15, -0.1) is 24.8 Å². The first-order valence-electron chi connectivity index (χ1n) is 14.8. The minimum Gasteiger partial charge on any atom is -0.347 e. The molecule has 0 unspecified atom stereocenters. The third-order valence-electron chi connectivity index (χ3n) is 9.40. The molecule has 9 nitrogen and oxygen atoms in total. The number of likely N-dealkylation sites (N-methyl/N-ethyl adjacent to an activating group) is 1. The zero-order chi connectivity index (χ0) is 27.5. The summed E-state index contributed by atoms with van der Waals surface area (Å²) in [7, 11) is 1.73. The topological polar surface area (TPSA) is 111 Å². The summed E-state index contributed by atoms with van der Waals surface area (Å²) in [6, 6.07) is 5.78. The van der Waals surface area contributed by atoms with Crippen molar-refractivity contribution >= 4 is 48.3 Å². The van der Waals surface area contributed by atoms with Crippen LogP contribution >= 0.6 is 24.8 Å². The predicted molar refractivity (Wildman–Crippen MR) is 163 cm³/mol. The monoisotopic (exact) mass is 609 g/mol. The summed E-state index contributed by atoms with van der Waals surface area (Å²) in [5, 5.41) is 9.26. The Balaban J connectivity index is 0.00000231. The Morgan fingerprint density at radius 1 is 0.951 bits per heavy atom. The molecule has 2 heterocycles. The van der Waals surface area contributed by atoms with Crippen molar-refractivity contribution in [1.29, 1.82) is 0 Å². The zero-order valence-corrected chi connectivity index (χ0v) is 25.7. The van der Waals surface area contributed by atoms with Crippen molar-refractivity contribution in [1.82, 2.24) is 25.8 Å². The van der Waals surface area contributed by atoms with Crippen molar-refractivity contribution in [3.63, 3.8) is 0 Å². The van der Waals surface area contributed by atoms with Gasteiger partial charge in [0.2, 0.25) is 17.7 Å². The Labute approximate surface area is 255 Å². The van der Waals surface area contributed by atoms with Crippen LogP contribution in [0.1, 0.15) is 86.7 Å². The van der Waals surface area contributed by atoms with Gasteiger partial charge in [0.1, 0.15) is 12.1 Å². The van der Waals surface area contributed by atoms with Crippen molar-refractivity contribution in [3.05, 3.63) is 35.4 Å². The number of amides is 3. The number of hydrogen-bond donors (Lipinski definition) is 3. The Bertz CT molecular complexity index is 1100. The number of ketones is 1. The number of nitrogens with zero attached hydrogens (tertiary/aromatic N) is 2. The fourth-order valence-corrected chi connectivity index (χ4v) is 6.96. The van der Waals surface area contributed by atoms with Gasteiger partial charge >= 0.3 is 0 Å². The number of halogens is 2. The minimum absolute atomic E-state index is 0. The molecule has 11 heteroatoms. The van der Waals surface area contributed by atoms with Crippen LogP contribution < -0.4 is 16.0 Å². The second-order valence-corrected chi connectivity index (χ2v) is 11.8. The van der Waals surface area contributed by atoms with Crippen molar-refractivity contribution in [2.24, 2.45) is 5.92 Å². The number of fused-ring (bicyclic) bond motifs is 2. The van der Waals surface area contributed by atoms with Crippen LogP contribution in [-0.4, -0.2) is 84.2 Å². The van der Waals surface area contributed by atoms with Gasteiger partial charge in [-0.25, -0.2) is 0 Å². The van der Waals surface area contributed by atoms with E-state index in [0.717, 1.165) is 57.1 Å². The summed E-state index contributed by atoms with van der Waals surface area (Å²) in [6.45, 7) is 3.71. The van der Waals surface area contributed by atoms with E-state index in [1.54, 1.807) is 18.9 Å². The van der Waals surface area contributed by atoms with Gasteiger partial charge in [0.25, 0.3) is 0 Å². The molecule has 1 aromatic carbocycles. The van der Waals surface area contributed by atoms with Gasteiger partial charge in [-0.1, -0.05) is 43.5 Å². The molecule has 41 heavy (non-hydrogen) atoms. The maximum absolute atomic E-state index is 14.3. The van der Waals surface area contributed by atoms with Crippen LogP contribution in [0.2, 0.25) is 0 Å². The Morgan fingerprint density at radius 2 is 1.68 bits per heavy atom. The van der Waals surface area contributed by atoms with E-state index >= 15 is 0 Å². The van der Waals surface area contributed by atoms with Crippen molar-refractivity contribution in [2.75, 3.05) is 26.7 Å². The summed E-state index contributed by atoms with van der Waals surface area (Å²) in [4.78, 5) is 57.8. The number of nitrogens with one attached hydrogen (secondary N) is 3. The third kappa shape index (κ3) is 7.24. The van der Waals surface area contributed by atoms with E-state index in [-0.39, 0.29) is 66.3 Å². The highest BCUT2D eigenvalue weighted by Gasteiger charge is 2.45. The van der Waals surface area contributed by atoms with Crippen LogP contribution in [0.5, 0.6) is 0 Å². The van der Waals surface area contributed by atoms with Crippen molar-refractivity contribution < 1.29 is 19.2 Å². The van der Waals surface area contributed by atoms with Gasteiger partial charge in [-0.3, -0.25) is 24.1 Å². The average molecular weight is 611 g/mol. The highest BCUT2D eigenvalue weighted by atomic mass is 35.5. The molecule has 0 bridgehead atoms. The third-order valence-corrected chi connectivity index (χ3v) is 9.40. The van der Waals surface area contributed by atoms with Gasteiger partial charge in [-0.2, -0.15) is 0 Å². The molecule has 2 saturated heterocycles. The quantitative estimate of drug-likeness (QED) is 0.438. The molecule has 0 spiro atoms. The van der Waals surface area contributed by atoms with E-state index in [2.05, 4.69) is 20.9 Å². The predicted octanol–water partition coefficient (Wildman–Crippen LogP) is 3.01. The first-order chi connectivity index (χ1) is 18.9. The maximum atomic E-state index is 14.3. The van der Waals surface area contributed by atoms with E-state index in [0.29, 0.717) is 31.5 Å². The second kappa shape index (κ2) is 14.8. The number of Topliss-reactive ketones (excluding diaryl/α,β-unsaturated/α-hetero) is 1. The van der Waals surface area contributed by atoms with Gasteiger partial charge in [0, 0.05) is 31.1 Å². The molecule has 1 saturated carbocycles. The van der Waals surface area contributed by atoms with Crippen molar-refractivity contribution in [2.45, 2.75) is 94.9 Å². The number of rotatable bonds is 7. The molecule has 5 rings (SSSR count). The first kappa shape index (κ1) is 33.3. The van der Waals surface area contributed by atoms with Gasteiger partial charge in [0.15, 0.2) is 5.78 Å². The van der Waals surface area contributed by atoms with E-state index < -0.39 is 18.1 Å². The fourth-order valence-electron chi connectivity index (χ4n) is 6.96. The number of carbonyl (C=O) groups is 4. The minimum atomic E-state index is -0.638. The highest BCUT2D eigenvalue weighted by Crippen LogP contribution is 2.32. The van der Waals surface area contributed by atoms with Crippen LogP contribution in [0.3, 0.4) is 0 Å². The Hall–Kier alpha value is -2.20. The Morgan fingerprint density at radius 3 is 2.41 bits per heavy atom. The van der Waals surface area contributed by atoms with E-state index in [4.69, 9.17) is 0 Å². The number of benzene rings is 1. The van der Waals surface area contributed by atoms with Gasteiger partial charge in [-0.05, 0) is 64.1 Å². The maximum Gasteiger partial charge on any atom is 0.246 e. The summed E-state index contributed by atoms with van der Waals surface area (Å²) in [6.07, 6.45) is 8.05. The van der Waals surface area contributed by atoms with Crippen LogP contribution in [-0.2, 0) is 14.4 Å². The summed E-state index contributed by atoms with van der Waals surface area (Å²) < 4.78 is 0. The molecule has 4 aliphatic rings. The summed E-state index contributed by atoms with van der Waals surface area (Å²) in [5.41, 5.74) is 1.52. The Kier molecular flexibility index (Phi) is 12.0. The van der Waals surface area contributed by atoms with Crippen LogP contribution in [0, 0.1) is 5.92 Å². The summed E-state index contributed by atoms with van der Waals surface area (Å²) in [5.74, 6) is -0.330. The number of hydrogen-bond acceptors (Lipinski definition) is 6. The van der Waals surface area contributed by atoms with Gasteiger partial charge in [0.05, 0.1) is 12.1 Å². The molecule has 3 amide bonds. The molecule has 0 radical (unpaired) electrons. The van der Waals surface area contributed by atoms with E-state index in [1.807, 2.05) is 24.3 Å². The smallest absolute Gasteiger partial charge is 0.246 e. The lowest BCUT2D eigenvalue weighted by Gasteiger charge is -2.45. The fraction of sp³-hybridized carbons (Fsp3) is 0.667. The molecular weight excluding hydrogens is 565 g/mol. The van der Waals surface area contributed by atoms with Crippen LogP contribution in [0.15, 0.2) is 24.3 Å². The molecule has 2 aliphatic heterocycles. The molecule has 228 valence electrons. The molecule has 0 aromatic heterocycles. The lowest BCUT2D eigenvalue weighted by atomic mass is 9.82. The van der Waals surface area contributed by atoms with Crippen LogP contribution in [0.25, 0.3) is 0 Å². The molecule has 2 aliphatic carbocycles. The standard InChI is InChI=1S/C30H43N5O4.2ClH/c1-19(31-2)28(37)33-27(20-9-4-3-5-10-20)30(39)35-17-21-11-8-16-34(21)18-25(35)29(38)32-24-14-15-26(36)23-13-7-6-12-22(23)24;;/h6-7,12-13,19-21,24-25,27,31H,3-5,8-11,14-18H2,1-2H3,(H,32,38)(H,33,37);2*1H/t19-,21+,24+,25-,27-;;/m0../s1. The average Bonchev–Trinajstić information content (AvgIpc) is 3.44. The summed E-state index contributed by atoms with van der Waals surface area (Å²) >= 11 is 0. The van der Waals surface area contributed by atoms with Gasteiger partial charge < -0.3 is 20.9 Å². The highest BCUT2D eigenvalue weighted by molar-refractivity contribution is 5.99. The molecule has 3 fully saturated rings. The largest absolute Gasteiger partial charge is 0.347 e. The van der Waals surface area contributed by atoms with Crippen molar-refractivity contribution in [3.8, 4) is 0 Å². The molecule has 1 aromatic rings. The molecular formula is C30H45Cl2N5O4. The van der Waals surface area contributed by atoms with E-state index in [1.165, 1.54) is 0 Å².